The van der Waals surface area contributed by atoms with Gasteiger partial charge in [0, 0.05) is 18.5 Å². The van der Waals surface area contributed by atoms with Gasteiger partial charge in [0.05, 0.1) is 12.1 Å². The average molecular weight is 235 g/mol. The second-order valence-corrected chi connectivity index (χ2v) is 3.22. The number of aromatic nitrogens is 2. The SMILES string of the molecule is O=C(O)c1coc(C(=O)NCc2ncc[nH]2)c1. The van der Waals surface area contributed by atoms with E-state index < -0.39 is 11.9 Å². The number of rotatable bonds is 4. The van der Waals surface area contributed by atoms with E-state index >= 15 is 0 Å². The molecular formula is C10H9N3O4. The molecule has 2 heterocycles. The third-order valence-corrected chi connectivity index (χ3v) is 2.04. The molecule has 0 aliphatic carbocycles. The molecule has 2 aromatic heterocycles. The van der Waals surface area contributed by atoms with Gasteiger partial charge in [-0.15, -0.1) is 0 Å². The molecule has 0 unspecified atom stereocenters. The van der Waals surface area contributed by atoms with Gasteiger partial charge in [0.15, 0.2) is 5.76 Å². The first-order valence-corrected chi connectivity index (χ1v) is 4.75. The van der Waals surface area contributed by atoms with Gasteiger partial charge in [0.2, 0.25) is 0 Å². The van der Waals surface area contributed by atoms with Crippen LogP contribution in [0.3, 0.4) is 0 Å². The number of hydrogen-bond donors (Lipinski definition) is 3. The fourth-order valence-corrected chi connectivity index (χ4v) is 1.21. The van der Waals surface area contributed by atoms with E-state index in [1.165, 1.54) is 6.07 Å². The van der Waals surface area contributed by atoms with Crippen LogP contribution in [-0.2, 0) is 6.54 Å². The summed E-state index contributed by atoms with van der Waals surface area (Å²) in [5.74, 6) is -1.08. The first kappa shape index (κ1) is 10.9. The van der Waals surface area contributed by atoms with Crippen molar-refractivity contribution < 1.29 is 19.1 Å². The molecule has 0 saturated heterocycles. The topological polar surface area (TPSA) is 108 Å². The lowest BCUT2D eigenvalue weighted by Gasteiger charge is -1.99. The molecule has 0 spiro atoms. The highest BCUT2D eigenvalue weighted by molar-refractivity contribution is 5.95. The largest absolute Gasteiger partial charge is 0.478 e. The number of H-pyrrole nitrogens is 1. The maximum atomic E-state index is 11.5. The van der Waals surface area contributed by atoms with E-state index in [9.17, 15) is 9.59 Å². The summed E-state index contributed by atoms with van der Waals surface area (Å²) in [5, 5.41) is 11.2. The Morgan fingerprint density at radius 1 is 1.53 bits per heavy atom. The van der Waals surface area contributed by atoms with Gasteiger partial charge in [-0.25, -0.2) is 9.78 Å². The molecule has 2 aromatic rings. The number of carboxylic acid groups (broad SMARTS) is 1. The molecule has 7 nitrogen and oxygen atoms in total. The van der Waals surface area contributed by atoms with E-state index in [2.05, 4.69) is 15.3 Å². The van der Waals surface area contributed by atoms with Crippen LogP contribution in [0.25, 0.3) is 0 Å². The zero-order chi connectivity index (χ0) is 12.3. The molecule has 0 saturated carbocycles. The highest BCUT2D eigenvalue weighted by Gasteiger charge is 2.14. The normalized spacial score (nSPS) is 10.1. The summed E-state index contributed by atoms with van der Waals surface area (Å²) in [4.78, 5) is 28.8. The molecule has 3 N–H and O–H groups in total. The fraction of sp³-hybridized carbons (Fsp3) is 0.100. The van der Waals surface area contributed by atoms with E-state index in [0.29, 0.717) is 5.82 Å². The minimum atomic E-state index is -1.14. The van der Waals surface area contributed by atoms with Gasteiger partial charge >= 0.3 is 5.97 Å². The molecule has 1 amide bonds. The summed E-state index contributed by atoms with van der Waals surface area (Å²) >= 11 is 0. The number of carboxylic acids is 1. The molecule has 0 aromatic carbocycles. The lowest BCUT2D eigenvalue weighted by molar-refractivity contribution is 0.0696. The van der Waals surface area contributed by atoms with Gasteiger partial charge in [0.1, 0.15) is 12.1 Å². The van der Waals surface area contributed by atoms with Crippen molar-refractivity contribution >= 4 is 11.9 Å². The van der Waals surface area contributed by atoms with Crippen LogP contribution in [0, 0.1) is 0 Å². The molecular weight excluding hydrogens is 226 g/mol. The third-order valence-electron chi connectivity index (χ3n) is 2.04. The van der Waals surface area contributed by atoms with E-state index in [0.717, 1.165) is 6.26 Å². The molecule has 2 rings (SSSR count). The van der Waals surface area contributed by atoms with Crippen LogP contribution < -0.4 is 5.32 Å². The van der Waals surface area contributed by atoms with Crippen molar-refractivity contribution in [1.29, 1.82) is 0 Å². The summed E-state index contributed by atoms with van der Waals surface area (Å²) in [5.41, 5.74) is -0.0619. The Bertz CT molecular complexity index is 530. The zero-order valence-corrected chi connectivity index (χ0v) is 8.64. The van der Waals surface area contributed by atoms with Crippen molar-refractivity contribution in [3.8, 4) is 0 Å². The number of carbonyl (C=O) groups excluding carboxylic acids is 1. The van der Waals surface area contributed by atoms with Gasteiger partial charge in [-0.05, 0) is 0 Å². The van der Waals surface area contributed by atoms with Crippen molar-refractivity contribution in [2.24, 2.45) is 0 Å². The van der Waals surface area contributed by atoms with Crippen LogP contribution in [0.15, 0.2) is 29.1 Å². The number of furan rings is 1. The first-order chi connectivity index (χ1) is 8.16. The first-order valence-electron chi connectivity index (χ1n) is 4.75. The van der Waals surface area contributed by atoms with Gasteiger partial charge < -0.3 is 19.8 Å². The number of hydrogen-bond acceptors (Lipinski definition) is 4. The highest BCUT2D eigenvalue weighted by Crippen LogP contribution is 2.07. The predicted molar refractivity (Wildman–Crippen MR) is 55.4 cm³/mol. The van der Waals surface area contributed by atoms with Crippen molar-refractivity contribution in [2.45, 2.75) is 6.54 Å². The number of imidazole rings is 1. The van der Waals surface area contributed by atoms with Gasteiger partial charge in [-0.1, -0.05) is 0 Å². The van der Waals surface area contributed by atoms with Crippen LogP contribution in [0.2, 0.25) is 0 Å². The van der Waals surface area contributed by atoms with Gasteiger partial charge in [-0.3, -0.25) is 4.79 Å². The monoisotopic (exact) mass is 235 g/mol. The van der Waals surface area contributed by atoms with Crippen LogP contribution in [-0.4, -0.2) is 27.0 Å². The lowest BCUT2D eigenvalue weighted by atomic mass is 10.3. The molecule has 7 heteroatoms. The van der Waals surface area contributed by atoms with Crippen LogP contribution in [0.5, 0.6) is 0 Å². The quantitative estimate of drug-likeness (QED) is 0.720. The number of nitrogens with zero attached hydrogens (tertiary/aromatic N) is 1. The van der Waals surface area contributed by atoms with E-state index in [4.69, 9.17) is 9.52 Å². The van der Waals surface area contributed by atoms with Crippen LogP contribution in [0.1, 0.15) is 26.7 Å². The van der Waals surface area contributed by atoms with E-state index in [1.54, 1.807) is 12.4 Å². The Kier molecular flexibility index (Phi) is 2.91. The zero-order valence-electron chi connectivity index (χ0n) is 8.64. The Balaban J connectivity index is 1.97. The molecule has 0 bridgehead atoms. The number of aromatic carboxylic acids is 1. The lowest BCUT2D eigenvalue weighted by Crippen LogP contribution is -2.22. The molecule has 0 aliphatic rings. The summed E-state index contributed by atoms with van der Waals surface area (Å²) in [6, 6.07) is 1.17. The van der Waals surface area contributed by atoms with Crippen molar-refractivity contribution in [2.75, 3.05) is 0 Å². The van der Waals surface area contributed by atoms with Gasteiger partial charge in [-0.2, -0.15) is 0 Å². The number of aromatic amines is 1. The standard InChI is InChI=1S/C10H9N3O4/c14-9(13-4-8-11-1-2-12-8)7-3-6(5-17-7)10(15)16/h1-3,5H,4H2,(H,11,12)(H,13,14)(H,15,16). The molecule has 17 heavy (non-hydrogen) atoms. The minimum absolute atomic E-state index is 0.0473. The molecule has 0 fully saturated rings. The van der Waals surface area contributed by atoms with E-state index in [-0.39, 0.29) is 17.9 Å². The summed E-state index contributed by atoms with van der Waals surface area (Å²) in [7, 11) is 0. The maximum Gasteiger partial charge on any atom is 0.338 e. The number of carbonyl (C=O) groups is 2. The summed E-state index contributed by atoms with van der Waals surface area (Å²) < 4.78 is 4.83. The minimum Gasteiger partial charge on any atom is -0.478 e. The molecule has 0 aliphatic heterocycles. The Morgan fingerprint density at radius 3 is 2.94 bits per heavy atom. The Hall–Kier alpha value is -2.57. The summed E-state index contributed by atoms with van der Waals surface area (Å²) in [6.07, 6.45) is 4.22. The number of amides is 1. The van der Waals surface area contributed by atoms with Crippen LogP contribution in [0.4, 0.5) is 0 Å². The van der Waals surface area contributed by atoms with Crippen molar-refractivity contribution in [3.63, 3.8) is 0 Å². The second-order valence-electron chi connectivity index (χ2n) is 3.22. The highest BCUT2D eigenvalue weighted by atomic mass is 16.4. The Morgan fingerprint density at radius 2 is 2.35 bits per heavy atom. The average Bonchev–Trinajstić information content (AvgIpc) is 2.96. The molecule has 0 radical (unpaired) electrons. The van der Waals surface area contributed by atoms with Gasteiger partial charge in [0.25, 0.3) is 5.91 Å². The summed E-state index contributed by atoms with van der Waals surface area (Å²) in [6.45, 7) is 0.217. The number of nitrogens with one attached hydrogen (secondary N) is 2. The van der Waals surface area contributed by atoms with E-state index in [1.807, 2.05) is 0 Å². The Labute approximate surface area is 95.5 Å². The smallest absolute Gasteiger partial charge is 0.338 e. The van der Waals surface area contributed by atoms with Crippen molar-refractivity contribution in [3.05, 3.63) is 41.9 Å². The maximum absolute atomic E-state index is 11.5. The third kappa shape index (κ3) is 2.51. The van der Waals surface area contributed by atoms with Crippen molar-refractivity contribution in [1.82, 2.24) is 15.3 Å². The molecule has 88 valence electrons. The predicted octanol–water partition coefficient (Wildman–Crippen LogP) is 0.631. The fourth-order valence-electron chi connectivity index (χ4n) is 1.21. The van der Waals surface area contributed by atoms with Crippen LogP contribution >= 0.6 is 0 Å². The molecule has 0 atom stereocenters. The second kappa shape index (κ2) is 4.52.